The second-order valence-corrected chi connectivity index (χ2v) is 7.66. The molecule has 0 radical (unpaired) electrons. The molecule has 1 unspecified atom stereocenters. The monoisotopic (exact) mass is 381 g/mol. The quantitative estimate of drug-likeness (QED) is 0.834. The summed E-state index contributed by atoms with van der Waals surface area (Å²) in [5.74, 6) is 0.910. The van der Waals surface area contributed by atoms with E-state index in [-0.39, 0.29) is 6.10 Å². The number of anilines is 1. The minimum atomic E-state index is 0.204. The fourth-order valence-electron chi connectivity index (χ4n) is 4.26. The zero-order valence-corrected chi connectivity index (χ0v) is 16.8. The molecule has 2 aliphatic rings. The van der Waals surface area contributed by atoms with Crippen molar-refractivity contribution in [1.29, 1.82) is 0 Å². The second-order valence-electron chi connectivity index (χ2n) is 7.66. The molecule has 0 bridgehead atoms. The normalized spacial score (nSPS) is 20.1. The van der Waals surface area contributed by atoms with Gasteiger partial charge in [0.1, 0.15) is 5.75 Å². The van der Waals surface area contributed by atoms with Crippen molar-refractivity contribution in [3.63, 3.8) is 0 Å². The zero-order chi connectivity index (χ0) is 19.3. The molecule has 0 aliphatic carbocycles. The van der Waals surface area contributed by atoms with Crippen LogP contribution in [0.1, 0.15) is 29.2 Å². The summed E-state index contributed by atoms with van der Waals surface area (Å²) in [5, 5.41) is 0. The minimum Gasteiger partial charge on any atom is -0.497 e. The van der Waals surface area contributed by atoms with Gasteiger partial charge in [-0.3, -0.25) is 4.90 Å². The molecule has 5 nitrogen and oxygen atoms in total. The predicted molar refractivity (Wildman–Crippen MR) is 113 cm³/mol. The molecule has 28 heavy (non-hydrogen) atoms. The largest absolute Gasteiger partial charge is 0.497 e. The number of piperazine rings is 1. The van der Waals surface area contributed by atoms with Crippen molar-refractivity contribution in [2.45, 2.75) is 25.5 Å². The summed E-state index contributed by atoms with van der Waals surface area (Å²) in [6.07, 6.45) is 2.26. The number of fused-ring (bicyclic) bond motifs is 1. The number of ether oxygens (including phenoxy) is 2. The van der Waals surface area contributed by atoms with Crippen LogP contribution in [0.3, 0.4) is 0 Å². The number of benzene rings is 2. The van der Waals surface area contributed by atoms with Crippen molar-refractivity contribution in [3.8, 4) is 5.75 Å². The summed E-state index contributed by atoms with van der Waals surface area (Å²) < 4.78 is 11.4. The molecule has 5 heteroatoms. The number of nitrogens with zero attached hydrogens (tertiary/aromatic N) is 2. The van der Waals surface area contributed by atoms with Gasteiger partial charge < -0.3 is 20.1 Å². The van der Waals surface area contributed by atoms with Crippen molar-refractivity contribution in [1.82, 2.24) is 4.90 Å². The Kier molecular flexibility index (Phi) is 6.15. The highest BCUT2D eigenvalue weighted by Crippen LogP contribution is 2.31. The molecular formula is C23H31N3O2. The van der Waals surface area contributed by atoms with Crippen LogP contribution in [-0.4, -0.2) is 51.3 Å². The van der Waals surface area contributed by atoms with Gasteiger partial charge >= 0.3 is 0 Å². The molecule has 1 atom stereocenters. The van der Waals surface area contributed by atoms with E-state index in [1.165, 1.54) is 22.4 Å². The van der Waals surface area contributed by atoms with Crippen molar-refractivity contribution in [2.75, 3.05) is 51.3 Å². The van der Waals surface area contributed by atoms with E-state index in [2.05, 4.69) is 40.1 Å². The lowest BCUT2D eigenvalue weighted by Gasteiger charge is -2.37. The van der Waals surface area contributed by atoms with Gasteiger partial charge in [-0.25, -0.2) is 0 Å². The topological polar surface area (TPSA) is 51.0 Å². The lowest BCUT2D eigenvalue weighted by Crippen LogP contribution is -2.46. The third-order valence-corrected chi connectivity index (χ3v) is 6.00. The van der Waals surface area contributed by atoms with Gasteiger partial charge in [0.25, 0.3) is 0 Å². The third-order valence-electron chi connectivity index (χ3n) is 6.00. The first-order chi connectivity index (χ1) is 13.8. The fourth-order valence-corrected chi connectivity index (χ4v) is 4.26. The molecule has 150 valence electrons. The van der Waals surface area contributed by atoms with E-state index in [4.69, 9.17) is 15.2 Å². The van der Waals surface area contributed by atoms with Gasteiger partial charge in [0.2, 0.25) is 0 Å². The van der Waals surface area contributed by atoms with E-state index in [0.717, 1.165) is 57.9 Å². The number of nitrogens with two attached hydrogens (primary N) is 1. The summed E-state index contributed by atoms with van der Waals surface area (Å²) in [5.41, 5.74) is 11.1. The zero-order valence-electron chi connectivity index (χ0n) is 16.8. The van der Waals surface area contributed by atoms with Gasteiger partial charge in [-0.15, -0.1) is 0 Å². The highest BCUT2D eigenvalue weighted by Gasteiger charge is 2.23. The Morgan fingerprint density at radius 3 is 2.57 bits per heavy atom. The van der Waals surface area contributed by atoms with Gasteiger partial charge in [0.15, 0.2) is 0 Å². The van der Waals surface area contributed by atoms with Crippen LogP contribution in [-0.2, 0) is 17.7 Å². The van der Waals surface area contributed by atoms with Gasteiger partial charge in [-0.1, -0.05) is 18.2 Å². The highest BCUT2D eigenvalue weighted by molar-refractivity contribution is 5.49. The maximum atomic E-state index is 6.12. The van der Waals surface area contributed by atoms with Crippen LogP contribution in [0.5, 0.6) is 5.75 Å². The molecule has 4 rings (SSSR count). The molecule has 1 saturated heterocycles. The number of rotatable bonds is 6. The molecule has 2 aliphatic heterocycles. The van der Waals surface area contributed by atoms with Gasteiger partial charge in [0, 0.05) is 45.0 Å². The first kappa shape index (κ1) is 19.2. The first-order valence-electron chi connectivity index (χ1n) is 10.3. The van der Waals surface area contributed by atoms with Gasteiger partial charge in [-0.05, 0) is 53.8 Å². The lowest BCUT2D eigenvalue weighted by atomic mass is 9.93. The number of hydrogen-bond donors (Lipinski definition) is 1. The Morgan fingerprint density at radius 2 is 1.86 bits per heavy atom. The fraction of sp³-hybridized carbons (Fsp3) is 0.478. The molecule has 2 aromatic carbocycles. The van der Waals surface area contributed by atoms with Gasteiger partial charge in [-0.2, -0.15) is 0 Å². The molecule has 0 amide bonds. The summed E-state index contributed by atoms with van der Waals surface area (Å²) in [6.45, 7) is 6.80. The Morgan fingerprint density at radius 1 is 1.07 bits per heavy atom. The van der Waals surface area contributed by atoms with Crippen LogP contribution in [0.15, 0.2) is 42.5 Å². The molecule has 0 saturated carbocycles. The lowest BCUT2D eigenvalue weighted by molar-refractivity contribution is 0.0288. The van der Waals surface area contributed by atoms with Crippen LogP contribution >= 0.6 is 0 Å². The maximum absolute atomic E-state index is 6.12. The molecule has 1 fully saturated rings. The van der Waals surface area contributed by atoms with E-state index in [1.54, 1.807) is 7.11 Å². The van der Waals surface area contributed by atoms with Crippen LogP contribution in [0.2, 0.25) is 0 Å². The van der Waals surface area contributed by atoms with E-state index in [0.29, 0.717) is 6.54 Å². The Bertz CT molecular complexity index is 770. The first-order valence-corrected chi connectivity index (χ1v) is 10.3. The number of methoxy groups -OCH3 is 1. The van der Waals surface area contributed by atoms with Crippen LogP contribution in [0.25, 0.3) is 0 Å². The summed E-state index contributed by atoms with van der Waals surface area (Å²) >= 11 is 0. The van der Waals surface area contributed by atoms with E-state index in [1.807, 2.05) is 12.1 Å². The van der Waals surface area contributed by atoms with Crippen LogP contribution in [0, 0.1) is 0 Å². The predicted octanol–water partition coefficient (Wildman–Crippen LogP) is 2.98. The van der Waals surface area contributed by atoms with E-state index in [9.17, 15) is 0 Å². The number of hydrogen-bond acceptors (Lipinski definition) is 5. The maximum Gasteiger partial charge on any atom is 0.119 e. The smallest absolute Gasteiger partial charge is 0.119 e. The average Bonchev–Trinajstić information content (AvgIpc) is 2.77. The van der Waals surface area contributed by atoms with Crippen molar-refractivity contribution >= 4 is 5.69 Å². The van der Waals surface area contributed by atoms with E-state index >= 15 is 0 Å². The molecule has 2 heterocycles. The standard InChI is InChI=1S/C23H31N3O2/c1-27-21-6-4-20(5-7-21)26-13-11-25(12-14-26)10-8-23-22-16-18(17-24)2-3-19(22)9-15-28-23/h2-7,16,23H,8-15,17,24H2,1H3. The Balaban J connectivity index is 1.30. The minimum absolute atomic E-state index is 0.204. The summed E-state index contributed by atoms with van der Waals surface area (Å²) in [4.78, 5) is 5.01. The second kappa shape index (κ2) is 8.95. The van der Waals surface area contributed by atoms with Gasteiger partial charge in [0.05, 0.1) is 19.8 Å². The SMILES string of the molecule is COc1ccc(N2CCN(CCC3OCCc4ccc(CN)cc43)CC2)cc1. The highest BCUT2D eigenvalue weighted by atomic mass is 16.5. The summed E-state index contributed by atoms with van der Waals surface area (Å²) in [7, 11) is 1.71. The van der Waals surface area contributed by atoms with Crippen molar-refractivity contribution < 1.29 is 9.47 Å². The Labute approximate surface area is 168 Å². The molecule has 2 N–H and O–H groups in total. The molecule has 0 spiro atoms. The molecular weight excluding hydrogens is 350 g/mol. The molecule has 2 aromatic rings. The van der Waals surface area contributed by atoms with Crippen LogP contribution < -0.4 is 15.4 Å². The summed E-state index contributed by atoms with van der Waals surface area (Å²) in [6, 6.07) is 15.0. The van der Waals surface area contributed by atoms with Crippen LogP contribution in [0.4, 0.5) is 5.69 Å². The van der Waals surface area contributed by atoms with E-state index < -0.39 is 0 Å². The van der Waals surface area contributed by atoms with Crippen molar-refractivity contribution in [3.05, 3.63) is 59.2 Å². The Hall–Kier alpha value is -2.08. The molecule has 0 aromatic heterocycles. The average molecular weight is 382 g/mol. The third kappa shape index (κ3) is 4.32. The van der Waals surface area contributed by atoms with Crippen molar-refractivity contribution in [2.24, 2.45) is 5.73 Å².